The highest BCUT2D eigenvalue weighted by molar-refractivity contribution is 9.10. The zero-order valence-electron chi connectivity index (χ0n) is 12.5. The van der Waals surface area contributed by atoms with E-state index in [9.17, 15) is 8.42 Å². The lowest BCUT2D eigenvalue weighted by molar-refractivity contribution is 0.594. The highest BCUT2D eigenvalue weighted by Crippen LogP contribution is 2.31. The predicted octanol–water partition coefficient (Wildman–Crippen LogP) is 4.45. The Labute approximate surface area is 147 Å². The van der Waals surface area contributed by atoms with Crippen LogP contribution in [-0.4, -0.2) is 18.4 Å². The summed E-state index contributed by atoms with van der Waals surface area (Å²) in [6.07, 6.45) is 0. The number of fused-ring (bicyclic) bond motifs is 3. The molecule has 0 radical (unpaired) electrons. The molecule has 1 N–H and O–H groups in total. The molecule has 0 aliphatic carbocycles. The molecule has 0 amide bonds. The molecule has 4 nitrogen and oxygen atoms in total. The van der Waals surface area contributed by atoms with Crippen LogP contribution in [-0.2, 0) is 15.6 Å². The van der Waals surface area contributed by atoms with Gasteiger partial charge < -0.3 is 4.98 Å². The zero-order valence-corrected chi connectivity index (χ0v) is 14.9. The van der Waals surface area contributed by atoms with Crippen LogP contribution in [0.3, 0.4) is 0 Å². The number of halogens is 1. The molecular formula is C18H13BrN2O2S. The summed E-state index contributed by atoms with van der Waals surface area (Å²) in [4.78, 5) is 8.07. The SMILES string of the molecule is O=S(=O)(Cc1cc(Br)c2c(n1)[nH]c1ccccc12)c1ccccc1. The number of nitrogens with zero attached hydrogens (tertiary/aromatic N) is 1. The minimum atomic E-state index is -3.43. The Hall–Kier alpha value is -2.18. The highest BCUT2D eigenvalue weighted by atomic mass is 79.9. The van der Waals surface area contributed by atoms with Gasteiger partial charge in [-0.3, -0.25) is 0 Å². The number of aromatic nitrogens is 2. The van der Waals surface area contributed by atoms with E-state index in [0.717, 1.165) is 20.8 Å². The topological polar surface area (TPSA) is 62.8 Å². The van der Waals surface area contributed by atoms with Gasteiger partial charge in [-0.1, -0.05) is 36.4 Å². The van der Waals surface area contributed by atoms with E-state index in [1.54, 1.807) is 36.4 Å². The fourth-order valence-electron chi connectivity index (χ4n) is 2.83. The van der Waals surface area contributed by atoms with Gasteiger partial charge in [0.25, 0.3) is 0 Å². The lowest BCUT2D eigenvalue weighted by Crippen LogP contribution is -2.06. The summed E-state index contributed by atoms with van der Waals surface area (Å²) in [6.45, 7) is 0. The maximum atomic E-state index is 12.6. The van der Waals surface area contributed by atoms with E-state index in [1.165, 1.54) is 0 Å². The van der Waals surface area contributed by atoms with Gasteiger partial charge in [0.1, 0.15) is 5.65 Å². The van der Waals surface area contributed by atoms with Crippen LogP contribution in [0, 0.1) is 0 Å². The summed E-state index contributed by atoms with van der Waals surface area (Å²) in [5.41, 5.74) is 2.16. The van der Waals surface area contributed by atoms with Crippen LogP contribution in [0.1, 0.15) is 5.69 Å². The molecule has 0 spiro atoms. The number of H-pyrrole nitrogens is 1. The minimum absolute atomic E-state index is 0.138. The van der Waals surface area contributed by atoms with E-state index in [1.807, 2.05) is 24.3 Å². The van der Waals surface area contributed by atoms with Gasteiger partial charge in [-0.25, -0.2) is 13.4 Å². The first-order chi connectivity index (χ1) is 11.5. The Morgan fingerprint density at radius 2 is 1.71 bits per heavy atom. The van der Waals surface area contributed by atoms with Gasteiger partial charge in [0.05, 0.1) is 16.3 Å². The van der Waals surface area contributed by atoms with Crippen LogP contribution < -0.4 is 0 Å². The van der Waals surface area contributed by atoms with Crippen molar-refractivity contribution >= 4 is 47.7 Å². The van der Waals surface area contributed by atoms with Crippen LogP contribution in [0.25, 0.3) is 21.9 Å². The van der Waals surface area contributed by atoms with E-state index in [2.05, 4.69) is 25.9 Å². The molecule has 0 saturated heterocycles. The maximum absolute atomic E-state index is 12.6. The minimum Gasteiger partial charge on any atom is -0.339 e. The van der Waals surface area contributed by atoms with Gasteiger partial charge in [-0.2, -0.15) is 0 Å². The molecule has 0 aliphatic heterocycles. The number of nitrogens with one attached hydrogen (secondary N) is 1. The molecule has 2 aromatic heterocycles. The van der Waals surface area contributed by atoms with Crippen molar-refractivity contribution in [3.05, 3.63) is 70.8 Å². The molecule has 2 aromatic carbocycles. The van der Waals surface area contributed by atoms with Crippen molar-refractivity contribution in [2.24, 2.45) is 0 Å². The van der Waals surface area contributed by atoms with Gasteiger partial charge in [0.15, 0.2) is 9.84 Å². The lowest BCUT2D eigenvalue weighted by Gasteiger charge is -2.05. The number of para-hydroxylation sites is 1. The first-order valence-electron chi connectivity index (χ1n) is 7.38. The Morgan fingerprint density at radius 3 is 2.50 bits per heavy atom. The fourth-order valence-corrected chi connectivity index (χ4v) is 4.77. The largest absolute Gasteiger partial charge is 0.339 e. The molecule has 120 valence electrons. The summed E-state index contributed by atoms with van der Waals surface area (Å²) in [7, 11) is -3.43. The van der Waals surface area contributed by atoms with Crippen molar-refractivity contribution in [2.75, 3.05) is 0 Å². The maximum Gasteiger partial charge on any atom is 0.184 e. The van der Waals surface area contributed by atoms with Gasteiger partial charge in [-0.15, -0.1) is 0 Å². The monoisotopic (exact) mass is 400 g/mol. The predicted molar refractivity (Wildman–Crippen MR) is 98.6 cm³/mol. The van der Waals surface area contributed by atoms with Crippen LogP contribution in [0.5, 0.6) is 0 Å². The lowest BCUT2D eigenvalue weighted by atomic mass is 10.2. The summed E-state index contributed by atoms with van der Waals surface area (Å²) in [6, 6.07) is 18.1. The van der Waals surface area contributed by atoms with Gasteiger partial charge in [-0.05, 0) is 40.2 Å². The van der Waals surface area contributed by atoms with Crippen molar-refractivity contribution in [1.82, 2.24) is 9.97 Å². The molecule has 2 heterocycles. The molecular weight excluding hydrogens is 388 g/mol. The summed E-state index contributed by atoms with van der Waals surface area (Å²) in [5, 5.41) is 2.02. The van der Waals surface area contributed by atoms with Crippen molar-refractivity contribution in [3.8, 4) is 0 Å². The second kappa shape index (κ2) is 5.72. The molecule has 0 aliphatic rings. The molecule has 0 bridgehead atoms. The standard InChI is InChI=1S/C18H13BrN2O2S/c19-15-10-12(11-24(22,23)13-6-2-1-3-7-13)20-18-17(15)14-8-4-5-9-16(14)21-18/h1-10H,11H2,(H,20,21). The number of hydrogen-bond donors (Lipinski definition) is 1. The second-order valence-corrected chi connectivity index (χ2v) is 8.41. The third-order valence-electron chi connectivity index (χ3n) is 3.91. The van der Waals surface area contributed by atoms with E-state index >= 15 is 0 Å². The summed E-state index contributed by atoms with van der Waals surface area (Å²) < 4.78 is 25.9. The second-order valence-electron chi connectivity index (χ2n) is 5.56. The smallest absolute Gasteiger partial charge is 0.184 e. The fraction of sp³-hybridized carbons (Fsp3) is 0.0556. The third-order valence-corrected chi connectivity index (χ3v) is 6.21. The average molecular weight is 401 g/mol. The number of benzene rings is 2. The van der Waals surface area contributed by atoms with Gasteiger partial charge in [0, 0.05) is 20.8 Å². The molecule has 6 heteroatoms. The van der Waals surface area contributed by atoms with Crippen LogP contribution >= 0.6 is 15.9 Å². The molecule has 4 rings (SSSR count). The zero-order chi connectivity index (χ0) is 16.7. The Bertz CT molecular complexity index is 1150. The third kappa shape index (κ3) is 2.61. The number of sulfone groups is 1. The van der Waals surface area contributed by atoms with Crippen molar-refractivity contribution in [1.29, 1.82) is 0 Å². The number of aromatic amines is 1. The van der Waals surface area contributed by atoms with Crippen LogP contribution in [0.15, 0.2) is 70.0 Å². The van der Waals surface area contributed by atoms with Crippen LogP contribution in [0.4, 0.5) is 0 Å². The van der Waals surface area contributed by atoms with Crippen LogP contribution in [0.2, 0.25) is 0 Å². The highest BCUT2D eigenvalue weighted by Gasteiger charge is 2.18. The molecule has 0 saturated carbocycles. The first kappa shape index (κ1) is 15.4. The normalized spacial score (nSPS) is 12.0. The quantitative estimate of drug-likeness (QED) is 0.552. The van der Waals surface area contributed by atoms with Gasteiger partial charge >= 0.3 is 0 Å². The van der Waals surface area contributed by atoms with Crippen molar-refractivity contribution < 1.29 is 8.42 Å². The molecule has 0 fully saturated rings. The number of hydrogen-bond acceptors (Lipinski definition) is 3. The van der Waals surface area contributed by atoms with E-state index in [-0.39, 0.29) is 5.75 Å². The molecule has 24 heavy (non-hydrogen) atoms. The Kier molecular flexibility index (Phi) is 3.66. The number of rotatable bonds is 3. The number of pyridine rings is 1. The summed E-state index contributed by atoms with van der Waals surface area (Å²) >= 11 is 3.56. The average Bonchev–Trinajstić information content (AvgIpc) is 2.94. The van der Waals surface area contributed by atoms with E-state index in [4.69, 9.17) is 0 Å². The molecule has 4 aromatic rings. The Balaban J connectivity index is 1.82. The molecule has 0 atom stereocenters. The first-order valence-corrected chi connectivity index (χ1v) is 9.83. The van der Waals surface area contributed by atoms with Crippen molar-refractivity contribution in [2.45, 2.75) is 10.6 Å². The Morgan fingerprint density at radius 1 is 1.00 bits per heavy atom. The van der Waals surface area contributed by atoms with Crippen molar-refractivity contribution in [3.63, 3.8) is 0 Å². The summed E-state index contributed by atoms with van der Waals surface area (Å²) in [5.74, 6) is -0.138. The van der Waals surface area contributed by atoms with Gasteiger partial charge in [0.2, 0.25) is 0 Å². The van der Waals surface area contributed by atoms with E-state index in [0.29, 0.717) is 16.2 Å². The van der Waals surface area contributed by atoms with E-state index < -0.39 is 9.84 Å². The molecule has 0 unspecified atom stereocenters.